The first-order chi connectivity index (χ1) is 7.27. The van der Waals surface area contributed by atoms with Crippen molar-refractivity contribution in [2.24, 2.45) is 5.73 Å². The summed E-state index contributed by atoms with van der Waals surface area (Å²) in [4.78, 5) is 0. The third-order valence-corrected chi connectivity index (χ3v) is 3.79. The molecule has 2 aliphatic rings. The zero-order valence-corrected chi connectivity index (χ0v) is 10.4. The van der Waals surface area contributed by atoms with Gasteiger partial charge in [-0.3, -0.25) is 0 Å². The first kappa shape index (κ1) is 11.7. The molecule has 16 heavy (non-hydrogen) atoms. The number of nitrogens with two attached hydrogens (primary N) is 1. The average Bonchev–Trinajstić information content (AvgIpc) is 2.64. The molecule has 3 rings (SSSR count). The first-order valence-electron chi connectivity index (χ1n) is 5.85. The fourth-order valence-electron chi connectivity index (χ4n) is 3.08. The van der Waals surface area contributed by atoms with Crippen molar-refractivity contribution in [3.63, 3.8) is 0 Å². The lowest BCUT2D eigenvalue weighted by Gasteiger charge is -2.24. The Morgan fingerprint density at radius 2 is 2.19 bits per heavy atom. The Balaban J connectivity index is 0.000000963. The standard InChI is InChI=1S/C14H17N.ClH/c1-9(15)12-8-7-11-6-5-10-3-2-4-13(12)14(10)11;/h2-4,8-9,11H,5-7,15H2,1H3;1H. The molecule has 2 N–H and O–H groups in total. The molecule has 0 radical (unpaired) electrons. The molecule has 0 spiro atoms. The summed E-state index contributed by atoms with van der Waals surface area (Å²) >= 11 is 0. The summed E-state index contributed by atoms with van der Waals surface area (Å²) in [6.45, 7) is 2.08. The highest BCUT2D eigenvalue weighted by atomic mass is 35.5. The fraction of sp³-hybridized carbons (Fsp3) is 0.429. The molecule has 2 aliphatic carbocycles. The molecule has 0 aliphatic heterocycles. The van der Waals surface area contributed by atoms with E-state index < -0.39 is 0 Å². The van der Waals surface area contributed by atoms with Crippen LogP contribution in [0.1, 0.15) is 42.4 Å². The zero-order valence-electron chi connectivity index (χ0n) is 9.57. The van der Waals surface area contributed by atoms with Crippen molar-refractivity contribution in [2.75, 3.05) is 0 Å². The normalized spacial score (nSPS) is 23.1. The minimum absolute atomic E-state index is 0. The average molecular weight is 236 g/mol. The van der Waals surface area contributed by atoms with Gasteiger partial charge in [-0.1, -0.05) is 24.3 Å². The topological polar surface area (TPSA) is 26.0 Å². The van der Waals surface area contributed by atoms with Gasteiger partial charge >= 0.3 is 0 Å². The Bertz CT molecular complexity index is 434. The van der Waals surface area contributed by atoms with Gasteiger partial charge in [0, 0.05) is 6.04 Å². The van der Waals surface area contributed by atoms with E-state index in [9.17, 15) is 0 Å². The molecular weight excluding hydrogens is 218 g/mol. The molecule has 0 fully saturated rings. The summed E-state index contributed by atoms with van der Waals surface area (Å²) in [5.74, 6) is 0.777. The molecule has 2 heteroatoms. The van der Waals surface area contributed by atoms with Gasteiger partial charge < -0.3 is 5.73 Å². The predicted octanol–water partition coefficient (Wildman–Crippen LogP) is 3.27. The van der Waals surface area contributed by atoms with E-state index in [0.29, 0.717) is 0 Å². The predicted molar refractivity (Wildman–Crippen MR) is 71.0 cm³/mol. The maximum absolute atomic E-state index is 6.03. The number of allylic oxidation sites excluding steroid dienone is 1. The SMILES string of the molecule is CC(N)C1=CCC2CCc3cccc1c32.Cl. The molecule has 0 heterocycles. The quantitative estimate of drug-likeness (QED) is 0.795. The van der Waals surface area contributed by atoms with Crippen LogP contribution >= 0.6 is 12.4 Å². The summed E-state index contributed by atoms with van der Waals surface area (Å²) in [6, 6.07) is 6.87. The third-order valence-electron chi connectivity index (χ3n) is 3.79. The molecule has 0 saturated carbocycles. The molecule has 1 nitrogen and oxygen atoms in total. The lowest BCUT2D eigenvalue weighted by Crippen LogP contribution is -2.20. The van der Waals surface area contributed by atoms with Gasteiger partial charge in [0.05, 0.1) is 0 Å². The van der Waals surface area contributed by atoms with Gasteiger partial charge in [-0.15, -0.1) is 12.4 Å². The van der Waals surface area contributed by atoms with Crippen molar-refractivity contribution in [3.8, 4) is 0 Å². The lowest BCUT2D eigenvalue weighted by atomic mass is 9.82. The van der Waals surface area contributed by atoms with Crippen LogP contribution in [0.25, 0.3) is 5.57 Å². The third kappa shape index (κ3) is 1.59. The van der Waals surface area contributed by atoms with Crippen molar-refractivity contribution in [1.82, 2.24) is 0 Å². The monoisotopic (exact) mass is 235 g/mol. The molecule has 0 aromatic heterocycles. The van der Waals surface area contributed by atoms with Gasteiger partial charge in [0.1, 0.15) is 0 Å². The van der Waals surface area contributed by atoms with Gasteiger partial charge in [0.2, 0.25) is 0 Å². The Morgan fingerprint density at radius 1 is 1.38 bits per heavy atom. The van der Waals surface area contributed by atoms with Crippen LogP contribution in [0.15, 0.2) is 24.3 Å². The van der Waals surface area contributed by atoms with E-state index in [1.807, 2.05) is 0 Å². The minimum Gasteiger partial charge on any atom is -0.324 e. The molecule has 0 bridgehead atoms. The van der Waals surface area contributed by atoms with Gasteiger partial charge in [0.15, 0.2) is 0 Å². The number of halogens is 1. The van der Waals surface area contributed by atoms with Crippen LogP contribution in [0.4, 0.5) is 0 Å². The van der Waals surface area contributed by atoms with E-state index in [4.69, 9.17) is 5.73 Å². The Labute approximate surface area is 103 Å². The highest BCUT2D eigenvalue weighted by Gasteiger charge is 2.29. The fourth-order valence-corrected chi connectivity index (χ4v) is 3.08. The van der Waals surface area contributed by atoms with Crippen molar-refractivity contribution >= 4 is 18.0 Å². The minimum atomic E-state index is 0. The zero-order chi connectivity index (χ0) is 10.4. The number of hydrogen-bond acceptors (Lipinski definition) is 1. The van der Waals surface area contributed by atoms with Crippen LogP contribution in [0.2, 0.25) is 0 Å². The summed E-state index contributed by atoms with van der Waals surface area (Å²) in [6.07, 6.45) is 6.14. The molecule has 0 saturated heterocycles. The summed E-state index contributed by atoms with van der Waals surface area (Å²) in [7, 11) is 0. The van der Waals surface area contributed by atoms with Gasteiger partial charge in [-0.2, -0.15) is 0 Å². The van der Waals surface area contributed by atoms with E-state index in [2.05, 4.69) is 31.2 Å². The maximum Gasteiger partial charge on any atom is 0.0268 e. The molecule has 2 unspecified atom stereocenters. The molecule has 0 amide bonds. The van der Waals surface area contributed by atoms with Gasteiger partial charge in [0.25, 0.3) is 0 Å². The van der Waals surface area contributed by atoms with Crippen LogP contribution < -0.4 is 5.73 Å². The number of benzene rings is 1. The van der Waals surface area contributed by atoms with E-state index in [1.165, 1.54) is 30.4 Å². The van der Waals surface area contributed by atoms with Crippen LogP contribution in [0.3, 0.4) is 0 Å². The van der Waals surface area contributed by atoms with Gasteiger partial charge in [-0.05, 0) is 54.4 Å². The second-order valence-corrected chi connectivity index (χ2v) is 4.80. The number of rotatable bonds is 1. The van der Waals surface area contributed by atoms with Crippen LogP contribution in [0, 0.1) is 0 Å². The maximum atomic E-state index is 6.03. The second kappa shape index (κ2) is 4.23. The molecular formula is C14H18ClN. The lowest BCUT2D eigenvalue weighted by molar-refractivity contribution is 0.678. The summed E-state index contributed by atoms with van der Waals surface area (Å²) in [5.41, 5.74) is 12.0. The number of hydrogen-bond donors (Lipinski definition) is 1. The van der Waals surface area contributed by atoms with Crippen molar-refractivity contribution in [3.05, 3.63) is 41.0 Å². The largest absolute Gasteiger partial charge is 0.324 e. The Hall–Kier alpha value is -0.790. The smallest absolute Gasteiger partial charge is 0.0268 e. The highest BCUT2D eigenvalue weighted by molar-refractivity contribution is 5.85. The van der Waals surface area contributed by atoms with Crippen molar-refractivity contribution in [2.45, 2.75) is 38.1 Å². The van der Waals surface area contributed by atoms with Gasteiger partial charge in [-0.25, -0.2) is 0 Å². The van der Waals surface area contributed by atoms with Crippen LogP contribution in [0.5, 0.6) is 0 Å². The molecule has 86 valence electrons. The van der Waals surface area contributed by atoms with E-state index in [-0.39, 0.29) is 18.4 Å². The Morgan fingerprint density at radius 3 is 2.94 bits per heavy atom. The first-order valence-corrected chi connectivity index (χ1v) is 5.85. The van der Waals surface area contributed by atoms with E-state index >= 15 is 0 Å². The second-order valence-electron chi connectivity index (χ2n) is 4.80. The number of aryl methyl sites for hydroxylation is 1. The molecule has 1 aromatic rings. The Kier molecular flexibility index (Phi) is 3.09. The van der Waals surface area contributed by atoms with Crippen LogP contribution in [-0.4, -0.2) is 6.04 Å². The van der Waals surface area contributed by atoms with E-state index in [0.717, 1.165) is 5.92 Å². The van der Waals surface area contributed by atoms with Crippen molar-refractivity contribution < 1.29 is 0 Å². The molecule has 2 atom stereocenters. The summed E-state index contributed by atoms with van der Waals surface area (Å²) in [5, 5.41) is 0. The van der Waals surface area contributed by atoms with E-state index in [1.54, 1.807) is 11.1 Å². The van der Waals surface area contributed by atoms with Crippen LogP contribution in [-0.2, 0) is 6.42 Å². The van der Waals surface area contributed by atoms with Crippen molar-refractivity contribution in [1.29, 1.82) is 0 Å². The highest BCUT2D eigenvalue weighted by Crippen LogP contribution is 2.44. The molecule has 1 aromatic carbocycles. The summed E-state index contributed by atoms with van der Waals surface area (Å²) < 4.78 is 0.